The highest BCUT2D eigenvalue weighted by atomic mass is 127. The van der Waals surface area contributed by atoms with Crippen LogP contribution in [0.3, 0.4) is 0 Å². The van der Waals surface area contributed by atoms with Crippen molar-refractivity contribution in [1.82, 2.24) is 25.2 Å². The number of guanidine groups is 1. The maximum Gasteiger partial charge on any atom is 0.224 e. The first-order valence-corrected chi connectivity index (χ1v) is 9.60. The molecule has 1 aliphatic rings. The third-order valence-electron chi connectivity index (χ3n) is 4.59. The molecule has 1 aliphatic heterocycles. The number of rotatable bonds is 8. The van der Waals surface area contributed by atoms with Crippen molar-refractivity contribution in [3.63, 3.8) is 0 Å². The Kier molecular flexibility index (Phi) is 11.3. The maximum absolute atomic E-state index is 12.1. The SMILES string of the molecule is CCNC(=NCCC(=O)N(CC)CC)N1CCN(Cc2ccon2)CC1.I. The van der Waals surface area contributed by atoms with E-state index in [2.05, 4.69) is 32.2 Å². The van der Waals surface area contributed by atoms with E-state index in [0.29, 0.717) is 13.0 Å². The number of piperazine rings is 1. The van der Waals surface area contributed by atoms with E-state index >= 15 is 0 Å². The number of halogens is 1. The molecule has 0 aliphatic carbocycles. The van der Waals surface area contributed by atoms with E-state index in [4.69, 9.17) is 4.52 Å². The van der Waals surface area contributed by atoms with Crippen LogP contribution in [-0.4, -0.2) is 84.1 Å². The normalized spacial score (nSPS) is 15.4. The van der Waals surface area contributed by atoms with Gasteiger partial charge in [-0.05, 0) is 20.8 Å². The molecule has 0 atom stereocenters. The average molecular weight is 492 g/mol. The van der Waals surface area contributed by atoms with Gasteiger partial charge in [-0.15, -0.1) is 24.0 Å². The van der Waals surface area contributed by atoms with Crippen LogP contribution in [-0.2, 0) is 11.3 Å². The fraction of sp³-hybridized carbons (Fsp3) is 0.722. The Bertz CT molecular complexity index is 554. The van der Waals surface area contributed by atoms with Gasteiger partial charge in [-0.1, -0.05) is 5.16 Å². The molecule has 0 radical (unpaired) electrons. The summed E-state index contributed by atoms with van der Waals surface area (Å²) in [6.07, 6.45) is 2.07. The summed E-state index contributed by atoms with van der Waals surface area (Å²) in [5, 5.41) is 7.33. The number of carbonyl (C=O) groups excluding carboxylic acids is 1. The molecular weight excluding hydrogens is 459 g/mol. The number of nitrogens with one attached hydrogen (secondary N) is 1. The minimum atomic E-state index is 0. The van der Waals surface area contributed by atoms with Gasteiger partial charge >= 0.3 is 0 Å². The molecule has 9 heteroatoms. The zero-order chi connectivity index (χ0) is 18.8. The molecule has 1 aromatic heterocycles. The van der Waals surface area contributed by atoms with E-state index in [1.165, 1.54) is 0 Å². The monoisotopic (exact) mass is 492 g/mol. The molecular formula is C18H33IN6O2. The van der Waals surface area contributed by atoms with Crippen molar-refractivity contribution in [2.24, 2.45) is 4.99 Å². The van der Waals surface area contributed by atoms with Gasteiger partial charge in [0.25, 0.3) is 0 Å². The van der Waals surface area contributed by atoms with Crippen LogP contribution in [0.15, 0.2) is 21.8 Å². The number of nitrogens with zero attached hydrogens (tertiary/aromatic N) is 5. The van der Waals surface area contributed by atoms with E-state index in [1.54, 1.807) is 6.26 Å². The van der Waals surface area contributed by atoms with E-state index in [-0.39, 0.29) is 29.9 Å². The number of hydrogen-bond acceptors (Lipinski definition) is 5. The summed E-state index contributed by atoms with van der Waals surface area (Å²) < 4.78 is 4.90. The predicted molar refractivity (Wildman–Crippen MR) is 117 cm³/mol. The minimum absolute atomic E-state index is 0. The summed E-state index contributed by atoms with van der Waals surface area (Å²) in [6, 6.07) is 1.91. The van der Waals surface area contributed by atoms with Crippen molar-refractivity contribution in [3.8, 4) is 0 Å². The molecule has 2 rings (SSSR count). The molecule has 0 saturated carbocycles. The lowest BCUT2D eigenvalue weighted by Gasteiger charge is -2.36. The van der Waals surface area contributed by atoms with Gasteiger partial charge in [0.2, 0.25) is 5.91 Å². The molecule has 0 spiro atoms. The quantitative estimate of drug-likeness (QED) is 0.338. The van der Waals surface area contributed by atoms with Crippen LogP contribution in [0.5, 0.6) is 0 Å². The molecule has 1 fully saturated rings. The second-order valence-corrected chi connectivity index (χ2v) is 6.31. The maximum atomic E-state index is 12.1. The summed E-state index contributed by atoms with van der Waals surface area (Å²) in [5.41, 5.74) is 0.967. The van der Waals surface area contributed by atoms with Gasteiger partial charge in [0.1, 0.15) is 6.26 Å². The van der Waals surface area contributed by atoms with E-state index in [9.17, 15) is 4.79 Å². The Labute approximate surface area is 179 Å². The molecule has 1 saturated heterocycles. The average Bonchev–Trinajstić information content (AvgIpc) is 3.16. The highest BCUT2D eigenvalue weighted by Gasteiger charge is 2.20. The Morgan fingerprint density at radius 3 is 2.52 bits per heavy atom. The van der Waals surface area contributed by atoms with Crippen molar-refractivity contribution >= 4 is 35.8 Å². The number of aromatic nitrogens is 1. The predicted octanol–water partition coefficient (Wildman–Crippen LogP) is 1.63. The molecule has 0 bridgehead atoms. The molecule has 0 aromatic carbocycles. The summed E-state index contributed by atoms with van der Waals surface area (Å²) in [7, 11) is 0. The molecule has 1 N–H and O–H groups in total. The van der Waals surface area contributed by atoms with Crippen LogP contribution in [0.2, 0.25) is 0 Å². The number of aliphatic imine (C=N–C) groups is 1. The molecule has 2 heterocycles. The van der Waals surface area contributed by atoms with Gasteiger partial charge in [0, 0.05) is 64.8 Å². The Morgan fingerprint density at radius 2 is 1.96 bits per heavy atom. The first-order chi connectivity index (χ1) is 12.7. The highest BCUT2D eigenvalue weighted by Crippen LogP contribution is 2.07. The minimum Gasteiger partial charge on any atom is -0.364 e. The lowest BCUT2D eigenvalue weighted by molar-refractivity contribution is -0.130. The van der Waals surface area contributed by atoms with Gasteiger partial charge in [-0.25, -0.2) is 0 Å². The first kappa shape index (κ1) is 23.7. The standard InChI is InChI=1S/C18H32N6O2.HI/c1-4-19-18(20-9-7-17(25)23(5-2)6-3)24-12-10-22(11-13-24)15-16-8-14-26-21-16;/h8,14H,4-7,9-13,15H2,1-3H3,(H,19,20);1H. The zero-order valence-corrected chi connectivity index (χ0v) is 19.0. The third-order valence-corrected chi connectivity index (χ3v) is 4.59. The lowest BCUT2D eigenvalue weighted by Crippen LogP contribution is -2.52. The van der Waals surface area contributed by atoms with Crippen LogP contribution in [0.4, 0.5) is 0 Å². The van der Waals surface area contributed by atoms with Crippen LogP contribution in [0, 0.1) is 0 Å². The fourth-order valence-electron chi connectivity index (χ4n) is 3.08. The van der Waals surface area contributed by atoms with E-state index in [1.807, 2.05) is 24.8 Å². The Balaban J connectivity index is 0.00000364. The van der Waals surface area contributed by atoms with Gasteiger partial charge in [0.15, 0.2) is 5.96 Å². The van der Waals surface area contributed by atoms with Crippen LogP contribution in [0.1, 0.15) is 32.9 Å². The summed E-state index contributed by atoms with van der Waals surface area (Å²) in [6.45, 7) is 13.5. The number of hydrogen-bond donors (Lipinski definition) is 1. The second-order valence-electron chi connectivity index (χ2n) is 6.31. The van der Waals surface area contributed by atoms with Crippen molar-refractivity contribution in [2.45, 2.75) is 33.7 Å². The molecule has 0 unspecified atom stereocenters. The second kappa shape index (κ2) is 12.9. The number of amides is 1. The van der Waals surface area contributed by atoms with Gasteiger partial charge in [-0.2, -0.15) is 0 Å². The van der Waals surface area contributed by atoms with Gasteiger partial charge in [-0.3, -0.25) is 14.7 Å². The van der Waals surface area contributed by atoms with Crippen molar-refractivity contribution < 1.29 is 9.32 Å². The fourth-order valence-corrected chi connectivity index (χ4v) is 3.08. The van der Waals surface area contributed by atoms with Crippen LogP contribution < -0.4 is 5.32 Å². The van der Waals surface area contributed by atoms with Crippen LogP contribution >= 0.6 is 24.0 Å². The van der Waals surface area contributed by atoms with Gasteiger partial charge < -0.3 is 19.6 Å². The molecule has 1 aromatic rings. The van der Waals surface area contributed by atoms with Crippen molar-refractivity contribution in [2.75, 3.05) is 52.4 Å². The lowest BCUT2D eigenvalue weighted by atomic mass is 10.3. The topological polar surface area (TPSA) is 77.2 Å². The molecule has 27 heavy (non-hydrogen) atoms. The molecule has 154 valence electrons. The number of carbonyl (C=O) groups is 1. The first-order valence-electron chi connectivity index (χ1n) is 9.60. The zero-order valence-electron chi connectivity index (χ0n) is 16.7. The summed E-state index contributed by atoms with van der Waals surface area (Å²) in [4.78, 5) is 23.3. The smallest absolute Gasteiger partial charge is 0.224 e. The van der Waals surface area contributed by atoms with Crippen molar-refractivity contribution in [1.29, 1.82) is 0 Å². The largest absolute Gasteiger partial charge is 0.364 e. The highest BCUT2D eigenvalue weighted by molar-refractivity contribution is 14.0. The third kappa shape index (κ3) is 7.65. The van der Waals surface area contributed by atoms with Crippen molar-refractivity contribution in [3.05, 3.63) is 18.0 Å². The Morgan fingerprint density at radius 1 is 1.26 bits per heavy atom. The summed E-state index contributed by atoms with van der Waals surface area (Å²) >= 11 is 0. The Hall–Kier alpha value is -1.36. The van der Waals surface area contributed by atoms with Crippen LogP contribution in [0.25, 0.3) is 0 Å². The van der Waals surface area contributed by atoms with E-state index in [0.717, 1.165) is 64.0 Å². The van der Waals surface area contributed by atoms with E-state index < -0.39 is 0 Å². The molecule has 1 amide bonds. The summed E-state index contributed by atoms with van der Waals surface area (Å²) in [5.74, 6) is 1.08. The molecule has 8 nitrogen and oxygen atoms in total. The van der Waals surface area contributed by atoms with Gasteiger partial charge in [0.05, 0.1) is 12.2 Å².